The van der Waals surface area contributed by atoms with Gasteiger partial charge in [-0.1, -0.05) is 30.3 Å². The van der Waals surface area contributed by atoms with Crippen LogP contribution in [0.3, 0.4) is 0 Å². The summed E-state index contributed by atoms with van der Waals surface area (Å²) in [6.45, 7) is 0.000959. The zero-order chi connectivity index (χ0) is 24.0. The number of alkyl halides is 3. The van der Waals surface area contributed by atoms with Crippen LogP contribution in [0, 0.1) is 5.92 Å². The van der Waals surface area contributed by atoms with Crippen LogP contribution in [0.25, 0.3) is 5.76 Å². The third-order valence-electron chi connectivity index (χ3n) is 5.49. The summed E-state index contributed by atoms with van der Waals surface area (Å²) < 4.78 is 71.7. The molecule has 1 aliphatic carbocycles. The molecule has 1 aromatic carbocycles. The van der Waals surface area contributed by atoms with Gasteiger partial charge in [0.2, 0.25) is 6.10 Å². The number of hydrogen-bond donors (Lipinski definition) is 2. The van der Waals surface area contributed by atoms with Gasteiger partial charge in [0, 0.05) is 25.0 Å². The summed E-state index contributed by atoms with van der Waals surface area (Å²) in [4.78, 5) is 21.2. The van der Waals surface area contributed by atoms with E-state index in [0.29, 0.717) is 23.0 Å². The lowest BCUT2D eigenvalue weighted by Crippen LogP contribution is -2.46. The van der Waals surface area contributed by atoms with Crippen LogP contribution in [0.5, 0.6) is 0 Å². The van der Waals surface area contributed by atoms with E-state index in [1.165, 1.54) is 13.2 Å². The van der Waals surface area contributed by atoms with E-state index in [9.17, 15) is 31.5 Å². The van der Waals surface area contributed by atoms with Gasteiger partial charge < -0.3 is 14.7 Å². The SMILES string of the molecule is COCC1C(c2ccccc2)C1(NS(=O)(=O)c1ccc(C2=CC(C(F)(F)F)OO2)s1)C(=O)O. The van der Waals surface area contributed by atoms with Gasteiger partial charge in [0.25, 0.3) is 10.0 Å². The third kappa shape index (κ3) is 4.26. The van der Waals surface area contributed by atoms with Gasteiger partial charge in [-0.2, -0.15) is 22.8 Å². The van der Waals surface area contributed by atoms with Crippen molar-refractivity contribution in [3.05, 3.63) is 59.0 Å². The normalized spacial score (nSPS) is 27.2. The average molecular weight is 505 g/mol. The van der Waals surface area contributed by atoms with Gasteiger partial charge >= 0.3 is 12.1 Å². The molecule has 33 heavy (non-hydrogen) atoms. The number of methoxy groups -OCH3 is 1. The first-order chi connectivity index (χ1) is 15.5. The Kier molecular flexibility index (Phi) is 6.03. The van der Waals surface area contributed by atoms with Gasteiger partial charge in [0.05, 0.1) is 11.5 Å². The van der Waals surface area contributed by atoms with Crippen molar-refractivity contribution in [2.24, 2.45) is 5.92 Å². The van der Waals surface area contributed by atoms with Crippen LogP contribution < -0.4 is 4.72 Å². The number of carboxylic acids is 1. The number of carbonyl (C=O) groups is 1. The van der Waals surface area contributed by atoms with E-state index in [1.807, 2.05) is 0 Å². The van der Waals surface area contributed by atoms with Crippen LogP contribution in [0.2, 0.25) is 0 Å². The second-order valence-corrected chi connectivity index (χ2v) is 10.5. The van der Waals surface area contributed by atoms with Gasteiger partial charge in [0.1, 0.15) is 9.75 Å². The predicted octanol–water partition coefficient (Wildman–Crippen LogP) is 3.14. The Labute approximate surface area is 190 Å². The van der Waals surface area contributed by atoms with Crippen LogP contribution in [-0.4, -0.2) is 51.0 Å². The Bertz CT molecular complexity index is 1180. The van der Waals surface area contributed by atoms with Crippen LogP contribution >= 0.6 is 11.3 Å². The Balaban J connectivity index is 1.62. The number of nitrogens with one attached hydrogen (secondary N) is 1. The Morgan fingerprint density at radius 2 is 1.94 bits per heavy atom. The second kappa shape index (κ2) is 8.40. The number of halogens is 3. The Morgan fingerprint density at radius 3 is 2.52 bits per heavy atom. The van der Waals surface area contributed by atoms with Gasteiger partial charge in [-0.15, -0.1) is 11.3 Å². The van der Waals surface area contributed by atoms with Crippen molar-refractivity contribution in [2.75, 3.05) is 13.7 Å². The molecule has 2 aliphatic rings. The molecule has 178 valence electrons. The largest absolute Gasteiger partial charge is 0.480 e. The highest BCUT2D eigenvalue weighted by Gasteiger charge is 2.72. The van der Waals surface area contributed by atoms with Gasteiger partial charge in [-0.05, 0) is 17.7 Å². The van der Waals surface area contributed by atoms with E-state index in [2.05, 4.69) is 14.5 Å². The van der Waals surface area contributed by atoms with E-state index in [-0.39, 0.29) is 21.5 Å². The van der Waals surface area contributed by atoms with Gasteiger partial charge in [0.15, 0.2) is 5.76 Å². The van der Waals surface area contributed by atoms with E-state index in [4.69, 9.17) is 4.74 Å². The zero-order valence-electron chi connectivity index (χ0n) is 16.9. The highest BCUT2D eigenvalue weighted by molar-refractivity contribution is 7.91. The van der Waals surface area contributed by atoms with Crippen LogP contribution in [0.4, 0.5) is 13.2 Å². The molecule has 0 saturated heterocycles. The molecule has 1 fully saturated rings. The minimum absolute atomic E-state index is 0.000959. The number of hydrogen-bond acceptors (Lipinski definition) is 7. The quantitative estimate of drug-likeness (QED) is 0.531. The molecule has 0 bridgehead atoms. The van der Waals surface area contributed by atoms with Crippen molar-refractivity contribution in [3.63, 3.8) is 0 Å². The highest BCUT2D eigenvalue weighted by Crippen LogP contribution is 2.58. The van der Waals surface area contributed by atoms with E-state index in [0.717, 1.165) is 6.07 Å². The standard InChI is InChI=1S/C20H18F3NO7S2/c1-29-10-12-17(11-5-3-2-4-6-11)19(12,18(25)26)24-33(27,28)16-8-7-14(32-16)13-9-15(31-30-13)20(21,22)23/h2-9,12,15,17,24H,10H2,1H3,(H,25,26). The summed E-state index contributed by atoms with van der Waals surface area (Å²) in [5, 5.41) is 9.99. The van der Waals surface area contributed by atoms with Crippen molar-refractivity contribution in [1.82, 2.24) is 4.72 Å². The average Bonchev–Trinajstić information content (AvgIpc) is 3.17. The number of benzene rings is 1. The predicted molar refractivity (Wildman–Crippen MR) is 110 cm³/mol. The maximum absolute atomic E-state index is 13.1. The smallest absolute Gasteiger partial charge is 0.422 e. The maximum atomic E-state index is 13.1. The summed E-state index contributed by atoms with van der Waals surface area (Å²) in [6, 6.07) is 11.0. The van der Waals surface area contributed by atoms with Crippen molar-refractivity contribution in [2.45, 2.75) is 27.9 Å². The number of thiophene rings is 1. The first-order valence-corrected chi connectivity index (χ1v) is 11.8. The first kappa shape index (κ1) is 23.7. The molecule has 4 atom stereocenters. The fraction of sp³-hybridized carbons (Fsp3) is 0.350. The topological polar surface area (TPSA) is 111 Å². The van der Waals surface area contributed by atoms with Crippen molar-refractivity contribution < 1.29 is 46.0 Å². The molecule has 2 heterocycles. The van der Waals surface area contributed by atoms with Crippen molar-refractivity contribution in [3.8, 4) is 0 Å². The molecule has 4 unspecified atom stereocenters. The van der Waals surface area contributed by atoms with Crippen molar-refractivity contribution in [1.29, 1.82) is 0 Å². The molecule has 0 spiro atoms. The molecule has 1 aromatic heterocycles. The van der Waals surface area contributed by atoms with Crippen LogP contribution in [0.15, 0.2) is 52.7 Å². The monoisotopic (exact) mass is 505 g/mol. The Morgan fingerprint density at radius 1 is 1.24 bits per heavy atom. The fourth-order valence-corrected chi connectivity index (χ4v) is 6.62. The Hall–Kier alpha value is -2.45. The summed E-state index contributed by atoms with van der Waals surface area (Å²) in [5.74, 6) is -2.98. The summed E-state index contributed by atoms with van der Waals surface area (Å²) in [7, 11) is -2.97. The van der Waals surface area contributed by atoms with Crippen LogP contribution in [0.1, 0.15) is 16.4 Å². The molecule has 1 saturated carbocycles. The minimum atomic E-state index is -4.68. The van der Waals surface area contributed by atoms with Crippen LogP contribution in [-0.2, 0) is 29.3 Å². The molecule has 4 rings (SSSR count). The maximum Gasteiger partial charge on any atom is 0.422 e. The number of aliphatic carboxylic acids is 1. The molecule has 8 nitrogen and oxygen atoms in total. The molecule has 2 aromatic rings. The number of sulfonamides is 1. The van der Waals surface area contributed by atoms with E-state index < -0.39 is 45.6 Å². The molecule has 2 N–H and O–H groups in total. The summed E-state index contributed by atoms with van der Waals surface area (Å²) in [5.41, 5.74) is -1.20. The molecule has 1 aliphatic heterocycles. The number of ether oxygens (including phenoxy) is 1. The molecule has 0 amide bonds. The number of carboxylic acid groups (broad SMARTS) is 1. The zero-order valence-corrected chi connectivity index (χ0v) is 18.5. The minimum Gasteiger partial charge on any atom is -0.480 e. The third-order valence-corrected chi connectivity index (χ3v) is 8.56. The molecular formula is C20H18F3NO7S2. The van der Waals surface area contributed by atoms with E-state index >= 15 is 0 Å². The fourth-order valence-electron chi connectivity index (χ4n) is 3.94. The second-order valence-electron chi connectivity index (χ2n) is 7.52. The highest BCUT2D eigenvalue weighted by atomic mass is 32.2. The summed E-state index contributed by atoms with van der Waals surface area (Å²) in [6.07, 6.45) is -6.26. The molecule has 0 radical (unpaired) electrons. The lowest BCUT2D eigenvalue weighted by Gasteiger charge is -2.15. The van der Waals surface area contributed by atoms with Crippen molar-refractivity contribution >= 4 is 33.1 Å². The van der Waals surface area contributed by atoms with Gasteiger partial charge in [-0.25, -0.2) is 8.42 Å². The van der Waals surface area contributed by atoms with Gasteiger partial charge in [-0.3, -0.25) is 4.79 Å². The number of rotatable bonds is 8. The molecule has 13 heteroatoms. The lowest BCUT2D eigenvalue weighted by atomic mass is 10.1. The van der Waals surface area contributed by atoms with E-state index in [1.54, 1.807) is 30.3 Å². The molecular weight excluding hydrogens is 487 g/mol. The summed E-state index contributed by atoms with van der Waals surface area (Å²) >= 11 is 0.626. The lowest BCUT2D eigenvalue weighted by molar-refractivity contribution is -0.315. The first-order valence-electron chi connectivity index (χ1n) is 9.54.